The van der Waals surface area contributed by atoms with Crippen molar-refractivity contribution in [2.75, 3.05) is 28.6 Å². The number of hydrogen-bond donors (Lipinski definition) is 2. The zero-order valence-electron chi connectivity index (χ0n) is 15.0. The maximum absolute atomic E-state index is 12.5. The van der Waals surface area contributed by atoms with Crippen molar-refractivity contribution in [1.82, 2.24) is 20.4 Å². The van der Waals surface area contributed by atoms with Crippen molar-refractivity contribution < 1.29 is 4.79 Å². The quantitative estimate of drug-likeness (QED) is 0.816. The number of fused-ring (bicyclic) bond motifs is 1. The summed E-state index contributed by atoms with van der Waals surface area (Å²) in [7, 11) is 0. The van der Waals surface area contributed by atoms with E-state index in [1.165, 1.54) is 37.0 Å². The molecule has 1 saturated heterocycles. The highest BCUT2D eigenvalue weighted by atomic mass is 32.1. The first-order valence-corrected chi connectivity index (χ1v) is 10.5. The summed E-state index contributed by atoms with van der Waals surface area (Å²) in [5, 5.41) is 24.2. The number of rotatable bonds is 5. The van der Waals surface area contributed by atoms with Crippen LogP contribution >= 0.6 is 11.3 Å². The molecule has 0 radical (unpaired) electrons. The van der Waals surface area contributed by atoms with Gasteiger partial charge in [0.2, 0.25) is 16.2 Å². The Morgan fingerprint density at radius 3 is 2.70 bits per heavy atom. The van der Waals surface area contributed by atoms with Gasteiger partial charge < -0.3 is 15.5 Å². The lowest BCUT2D eigenvalue weighted by atomic mass is 10.0. The smallest absolute Gasteiger partial charge is 0.229 e. The van der Waals surface area contributed by atoms with E-state index in [1.54, 1.807) is 6.20 Å². The van der Waals surface area contributed by atoms with Crippen LogP contribution in [0.3, 0.4) is 0 Å². The van der Waals surface area contributed by atoms with Crippen molar-refractivity contribution in [2.45, 2.75) is 38.1 Å². The first kappa shape index (κ1) is 16.9. The molecule has 2 unspecified atom stereocenters. The average Bonchev–Trinajstić information content (AvgIpc) is 2.98. The molecule has 2 aliphatic carbocycles. The van der Waals surface area contributed by atoms with Gasteiger partial charge in [-0.1, -0.05) is 24.2 Å². The van der Waals surface area contributed by atoms with Crippen molar-refractivity contribution in [3.8, 4) is 0 Å². The van der Waals surface area contributed by atoms with Crippen LogP contribution in [0.4, 0.5) is 16.1 Å². The number of nitrogens with zero attached hydrogens (tertiary/aromatic N) is 5. The molecule has 3 aliphatic rings. The predicted molar refractivity (Wildman–Crippen MR) is 104 cm³/mol. The van der Waals surface area contributed by atoms with E-state index in [1.807, 2.05) is 12.1 Å². The van der Waals surface area contributed by atoms with Crippen LogP contribution < -0.4 is 15.5 Å². The zero-order valence-corrected chi connectivity index (χ0v) is 15.9. The molecule has 27 heavy (non-hydrogen) atoms. The second kappa shape index (κ2) is 7.03. The van der Waals surface area contributed by atoms with Crippen LogP contribution in [-0.4, -0.2) is 45.4 Å². The van der Waals surface area contributed by atoms with Gasteiger partial charge >= 0.3 is 0 Å². The van der Waals surface area contributed by atoms with Crippen molar-refractivity contribution >= 4 is 33.3 Å². The molecule has 2 aromatic rings. The SMILES string of the molecule is O=C(Nc1nnc(N[C@@H]2CCN(c3cccnn3)C2)s1)C1C2CCCCC21. The van der Waals surface area contributed by atoms with Gasteiger partial charge in [-0.3, -0.25) is 4.79 Å². The van der Waals surface area contributed by atoms with E-state index in [2.05, 4.69) is 35.9 Å². The van der Waals surface area contributed by atoms with E-state index in [0.29, 0.717) is 17.0 Å². The van der Waals surface area contributed by atoms with Crippen LogP contribution in [0.5, 0.6) is 0 Å². The third-order valence-electron chi connectivity index (χ3n) is 6.01. The number of amides is 1. The predicted octanol–water partition coefficient (Wildman–Crippen LogP) is 2.39. The summed E-state index contributed by atoms with van der Waals surface area (Å²) in [4.78, 5) is 14.7. The molecule has 1 aliphatic heterocycles. The van der Waals surface area contributed by atoms with Crippen LogP contribution in [0.15, 0.2) is 18.3 Å². The summed E-state index contributed by atoms with van der Waals surface area (Å²) < 4.78 is 0. The molecule has 2 saturated carbocycles. The Balaban J connectivity index is 1.14. The minimum Gasteiger partial charge on any atom is -0.355 e. The van der Waals surface area contributed by atoms with Gasteiger partial charge in [0.15, 0.2) is 5.82 Å². The molecule has 142 valence electrons. The van der Waals surface area contributed by atoms with E-state index in [4.69, 9.17) is 0 Å². The first-order chi connectivity index (χ1) is 13.3. The highest BCUT2D eigenvalue weighted by molar-refractivity contribution is 7.19. The van der Waals surface area contributed by atoms with Gasteiger partial charge in [-0.05, 0) is 43.2 Å². The van der Waals surface area contributed by atoms with Crippen molar-refractivity contribution in [2.24, 2.45) is 17.8 Å². The van der Waals surface area contributed by atoms with E-state index >= 15 is 0 Å². The van der Waals surface area contributed by atoms with Gasteiger partial charge in [0.05, 0.1) is 0 Å². The Hall–Kier alpha value is -2.29. The number of hydrogen-bond acceptors (Lipinski definition) is 8. The fraction of sp³-hybridized carbons (Fsp3) is 0.611. The van der Waals surface area contributed by atoms with Gasteiger partial charge in [-0.25, -0.2) is 0 Å². The summed E-state index contributed by atoms with van der Waals surface area (Å²) in [6.45, 7) is 1.79. The second-order valence-corrected chi connectivity index (χ2v) is 8.67. The molecule has 3 fully saturated rings. The normalized spacial score (nSPS) is 29.3. The number of nitrogens with one attached hydrogen (secondary N) is 2. The van der Waals surface area contributed by atoms with Crippen LogP contribution in [0, 0.1) is 17.8 Å². The summed E-state index contributed by atoms with van der Waals surface area (Å²) in [6, 6.07) is 4.16. The van der Waals surface area contributed by atoms with Crippen LogP contribution in [-0.2, 0) is 4.79 Å². The lowest BCUT2D eigenvalue weighted by molar-refractivity contribution is -0.117. The lowest BCUT2D eigenvalue weighted by Gasteiger charge is -2.16. The highest BCUT2D eigenvalue weighted by Gasteiger charge is 2.54. The summed E-state index contributed by atoms with van der Waals surface area (Å²) >= 11 is 1.41. The Morgan fingerprint density at radius 2 is 1.93 bits per heavy atom. The van der Waals surface area contributed by atoms with Gasteiger partial charge in [-0.2, -0.15) is 5.10 Å². The molecule has 5 rings (SSSR count). The standard InChI is InChI=1S/C18H23N7OS/c26-16(15-12-4-1-2-5-13(12)15)21-18-24-23-17(27-18)20-11-7-9-25(10-11)14-6-3-8-19-22-14/h3,6,8,11-13,15H,1-2,4-5,7,9-10H2,(H,20,23)(H,21,24,26)/t11-,12?,13?,15?/m1/s1. The fourth-order valence-corrected chi connectivity index (χ4v) is 5.35. The Labute approximate surface area is 161 Å². The maximum atomic E-state index is 12.5. The van der Waals surface area contributed by atoms with Gasteiger partial charge in [0.25, 0.3) is 0 Å². The highest BCUT2D eigenvalue weighted by Crippen LogP contribution is 2.55. The van der Waals surface area contributed by atoms with Gasteiger partial charge in [0.1, 0.15) is 0 Å². The Morgan fingerprint density at radius 1 is 1.11 bits per heavy atom. The van der Waals surface area contributed by atoms with Crippen molar-refractivity contribution in [3.63, 3.8) is 0 Å². The molecular weight excluding hydrogens is 362 g/mol. The summed E-state index contributed by atoms with van der Waals surface area (Å²) in [6.07, 6.45) is 7.63. The number of carbonyl (C=O) groups is 1. The maximum Gasteiger partial charge on any atom is 0.229 e. The third-order valence-corrected chi connectivity index (χ3v) is 6.78. The first-order valence-electron chi connectivity index (χ1n) is 9.71. The third kappa shape index (κ3) is 3.47. The molecule has 8 nitrogen and oxygen atoms in total. The number of aromatic nitrogens is 4. The Kier molecular flexibility index (Phi) is 4.39. The summed E-state index contributed by atoms with van der Waals surface area (Å²) in [5.74, 6) is 2.44. The average molecular weight is 385 g/mol. The molecule has 2 N–H and O–H groups in total. The second-order valence-electron chi connectivity index (χ2n) is 7.70. The van der Waals surface area contributed by atoms with E-state index in [0.717, 1.165) is 30.5 Å². The number of carbonyl (C=O) groups excluding carboxylic acids is 1. The van der Waals surface area contributed by atoms with Crippen molar-refractivity contribution in [3.05, 3.63) is 18.3 Å². The molecule has 3 atom stereocenters. The molecular formula is C18H23N7OS. The summed E-state index contributed by atoms with van der Waals surface area (Å²) in [5.41, 5.74) is 0. The van der Waals surface area contributed by atoms with E-state index < -0.39 is 0 Å². The molecule has 0 spiro atoms. The minimum atomic E-state index is 0.129. The molecule has 0 aromatic carbocycles. The monoisotopic (exact) mass is 385 g/mol. The zero-order chi connectivity index (χ0) is 18.2. The fourth-order valence-electron chi connectivity index (χ4n) is 4.62. The molecule has 2 aromatic heterocycles. The molecule has 3 heterocycles. The Bertz CT molecular complexity index is 801. The van der Waals surface area contributed by atoms with E-state index in [-0.39, 0.29) is 17.9 Å². The van der Waals surface area contributed by atoms with E-state index in [9.17, 15) is 4.79 Å². The van der Waals surface area contributed by atoms with Crippen LogP contribution in [0.1, 0.15) is 32.1 Å². The largest absolute Gasteiger partial charge is 0.355 e. The topological polar surface area (TPSA) is 95.9 Å². The molecule has 0 bridgehead atoms. The van der Waals surface area contributed by atoms with Gasteiger partial charge in [-0.15, -0.1) is 15.3 Å². The molecule has 1 amide bonds. The van der Waals surface area contributed by atoms with Gasteiger partial charge in [0, 0.05) is 31.2 Å². The van der Waals surface area contributed by atoms with Crippen molar-refractivity contribution in [1.29, 1.82) is 0 Å². The van der Waals surface area contributed by atoms with Crippen LogP contribution in [0.2, 0.25) is 0 Å². The molecule has 9 heteroatoms. The number of anilines is 3. The minimum absolute atomic E-state index is 0.129. The van der Waals surface area contributed by atoms with Crippen LogP contribution in [0.25, 0.3) is 0 Å². The lowest BCUT2D eigenvalue weighted by Crippen LogP contribution is -2.26.